The molecule has 166 valence electrons. The molecule has 0 aliphatic carbocycles. The standard InChI is InChI=1S/C20H35N5O2S.HI/c1-17-10-14-25(15-11-17)13-7-12-22-20(21-2)23-16-18-8-5-6-9-19(18)28(26,27)24(3)4;/h5-6,8-9,17H,7,10-16H2,1-4H3,(H2,21,22,23);1H. The fourth-order valence-electron chi connectivity index (χ4n) is 3.29. The van der Waals surface area contributed by atoms with Gasteiger partial charge in [-0.15, -0.1) is 24.0 Å². The topological polar surface area (TPSA) is 77.0 Å². The molecule has 2 N–H and O–H groups in total. The summed E-state index contributed by atoms with van der Waals surface area (Å²) >= 11 is 0. The van der Waals surface area contributed by atoms with E-state index in [0.29, 0.717) is 17.4 Å². The number of piperidine rings is 1. The summed E-state index contributed by atoms with van der Waals surface area (Å²) in [5, 5.41) is 6.55. The van der Waals surface area contributed by atoms with Crippen LogP contribution in [-0.4, -0.2) is 70.9 Å². The molecule has 0 spiro atoms. The molecule has 1 fully saturated rings. The summed E-state index contributed by atoms with van der Waals surface area (Å²) in [5.41, 5.74) is 0.724. The van der Waals surface area contributed by atoms with E-state index < -0.39 is 10.0 Å². The number of benzene rings is 1. The Bertz CT molecular complexity index is 747. The Balaban J connectivity index is 0.00000420. The van der Waals surface area contributed by atoms with E-state index in [4.69, 9.17) is 0 Å². The average Bonchev–Trinajstić information content (AvgIpc) is 2.69. The van der Waals surface area contributed by atoms with Gasteiger partial charge >= 0.3 is 0 Å². The lowest BCUT2D eigenvalue weighted by Gasteiger charge is -2.30. The Labute approximate surface area is 193 Å². The zero-order valence-corrected chi connectivity index (χ0v) is 21.2. The van der Waals surface area contributed by atoms with E-state index in [9.17, 15) is 8.42 Å². The Morgan fingerprint density at radius 2 is 1.86 bits per heavy atom. The van der Waals surface area contributed by atoms with Gasteiger partial charge in [0.25, 0.3) is 0 Å². The Morgan fingerprint density at radius 1 is 1.21 bits per heavy atom. The van der Waals surface area contributed by atoms with Gasteiger partial charge in [0.15, 0.2) is 5.96 Å². The lowest BCUT2D eigenvalue weighted by molar-refractivity contribution is 0.191. The summed E-state index contributed by atoms with van der Waals surface area (Å²) in [6, 6.07) is 7.06. The minimum atomic E-state index is -3.47. The number of sulfonamides is 1. The number of nitrogens with one attached hydrogen (secondary N) is 2. The van der Waals surface area contributed by atoms with Crippen LogP contribution in [0.4, 0.5) is 0 Å². The monoisotopic (exact) mass is 537 g/mol. The van der Waals surface area contributed by atoms with E-state index in [0.717, 1.165) is 31.0 Å². The van der Waals surface area contributed by atoms with Gasteiger partial charge in [0.05, 0.1) is 4.90 Å². The van der Waals surface area contributed by atoms with Crippen LogP contribution >= 0.6 is 24.0 Å². The first-order chi connectivity index (χ1) is 13.3. The highest BCUT2D eigenvalue weighted by Crippen LogP contribution is 2.18. The van der Waals surface area contributed by atoms with Gasteiger partial charge in [-0.1, -0.05) is 25.1 Å². The molecule has 0 atom stereocenters. The van der Waals surface area contributed by atoms with Crippen LogP contribution in [0.15, 0.2) is 34.2 Å². The quantitative estimate of drug-likeness (QED) is 0.231. The molecule has 0 saturated carbocycles. The number of guanidine groups is 1. The lowest BCUT2D eigenvalue weighted by atomic mass is 9.99. The van der Waals surface area contributed by atoms with E-state index in [1.807, 2.05) is 12.1 Å². The van der Waals surface area contributed by atoms with Crippen molar-refractivity contribution >= 4 is 40.0 Å². The van der Waals surface area contributed by atoms with Gasteiger partial charge in [-0.05, 0) is 56.4 Å². The molecule has 7 nitrogen and oxygen atoms in total. The Morgan fingerprint density at radius 3 is 2.48 bits per heavy atom. The number of nitrogens with zero attached hydrogens (tertiary/aromatic N) is 3. The van der Waals surface area contributed by atoms with Crippen molar-refractivity contribution in [2.45, 2.75) is 37.6 Å². The molecule has 0 aromatic heterocycles. The predicted molar refractivity (Wildman–Crippen MR) is 130 cm³/mol. The van der Waals surface area contributed by atoms with Crippen LogP contribution in [0.2, 0.25) is 0 Å². The maximum Gasteiger partial charge on any atom is 0.242 e. The van der Waals surface area contributed by atoms with Gasteiger partial charge in [-0.2, -0.15) is 0 Å². The number of halogens is 1. The molecule has 0 radical (unpaired) electrons. The number of rotatable bonds is 8. The van der Waals surface area contributed by atoms with E-state index in [-0.39, 0.29) is 24.0 Å². The normalized spacial score (nSPS) is 16.5. The van der Waals surface area contributed by atoms with Gasteiger partial charge in [0, 0.05) is 34.2 Å². The molecule has 0 unspecified atom stereocenters. The second kappa shape index (κ2) is 12.7. The van der Waals surface area contributed by atoms with Crippen molar-refractivity contribution in [1.82, 2.24) is 19.8 Å². The largest absolute Gasteiger partial charge is 0.356 e. The molecule has 9 heteroatoms. The van der Waals surface area contributed by atoms with Gasteiger partial charge < -0.3 is 15.5 Å². The first kappa shape index (κ1) is 26.1. The van der Waals surface area contributed by atoms with Crippen molar-refractivity contribution in [3.8, 4) is 0 Å². The number of hydrogen-bond donors (Lipinski definition) is 2. The molecule has 1 aromatic carbocycles. The first-order valence-corrected chi connectivity index (χ1v) is 11.5. The molecular weight excluding hydrogens is 501 g/mol. The van der Waals surface area contributed by atoms with Gasteiger partial charge in [0.2, 0.25) is 10.0 Å². The molecule has 29 heavy (non-hydrogen) atoms. The highest BCUT2D eigenvalue weighted by atomic mass is 127. The number of likely N-dealkylation sites (tertiary alicyclic amines) is 1. The van der Waals surface area contributed by atoms with Crippen LogP contribution < -0.4 is 10.6 Å². The molecule has 1 heterocycles. The summed E-state index contributed by atoms with van der Waals surface area (Å²) < 4.78 is 26.2. The maximum atomic E-state index is 12.5. The van der Waals surface area contributed by atoms with Gasteiger partial charge in [0.1, 0.15) is 0 Å². The summed E-state index contributed by atoms with van der Waals surface area (Å²) in [6.45, 7) is 7.06. The van der Waals surface area contributed by atoms with Crippen LogP contribution in [-0.2, 0) is 16.6 Å². The van der Waals surface area contributed by atoms with Crippen LogP contribution in [0.3, 0.4) is 0 Å². The minimum Gasteiger partial charge on any atom is -0.356 e. The second-order valence-corrected chi connectivity index (χ2v) is 9.75. The van der Waals surface area contributed by atoms with Crippen molar-refractivity contribution < 1.29 is 8.42 Å². The molecule has 1 aliphatic heterocycles. The fourth-order valence-corrected chi connectivity index (χ4v) is 4.41. The van der Waals surface area contributed by atoms with Crippen LogP contribution in [0.25, 0.3) is 0 Å². The summed E-state index contributed by atoms with van der Waals surface area (Å²) in [7, 11) is 1.34. The van der Waals surface area contributed by atoms with Crippen LogP contribution in [0.1, 0.15) is 31.7 Å². The number of aliphatic imine (C=N–C) groups is 1. The third-order valence-electron chi connectivity index (χ3n) is 5.22. The third kappa shape index (κ3) is 8.03. The van der Waals surface area contributed by atoms with Crippen molar-refractivity contribution in [2.75, 3.05) is 47.3 Å². The van der Waals surface area contributed by atoms with Crippen molar-refractivity contribution in [2.24, 2.45) is 10.9 Å². The fraction of sp³-hybridized carbons (Fsp3) is 0.650. The smallest absolute Gasteiger partial charge is 0.242 e. The molecule has 0 amide bonds. The van der Waals surface area contributed by atoms with Crippen molar-refractivity contribution in [3.63, 3.8) is 0 Å². The molecule has 0 bridgehead atoms. The van der Waals surface area contributed by atoms with E-state index in [1.54, 1.807) is 33.3 Å². The second-order valence-electron chi connectivity index (χ2n) is 7.63. The van der Waals surface area contributed by atoms with Crippen LogP contribution in [0, 0.1) is 5.92 Å². The number of hydrogen-bond acceptors (Lipinski definition) is 4. The SMILES string of the molecule is CN=C(NCCCN1CCC(C)CC1)NCc1ccccc1S(=O)(=O)N(C)C.I. The van der Waals surface area contributed by atoms with E-state index in [1.165, 1.54) is 30.2 Å². The Kier molecular flexibility index (Phi) is 11.4. The zero-order valence-electron chi connectivity index (χ0n) is 18.0. The molecule has 1 aliphatic rings. The van der Waals surface area contributed by atoms with Gasteiger partial charge in [-0.25, -0.2) is 12.7 Å². The van der Waals surface area contributed by atoms with E-state index >= 15 is 0 Å². The highest BCUT2D eigenvalue weighted by molar-refractivity contribution is 14.0. The van der Waals surface area contributed by atoms with Crippen molar-refractivity contribution in [3.05, 3.63) is 29.8 Å². The average molecular weight is 538 g/mol. The molecule has 1 saturated heterocycles. The summed E-state index contributed by atoms with van der Waals surface area (Å²) in [6.07, 6.45) is 3.65. The minimum absolute atomic E-state index is 0. The van der Waals surface area contributed by atoms with Crippen molar-refractivity contribution in [1.29, 1.82) is 0 Å². The highest BCUT2D eigenvalue weighted by Gasteiger charge is 2.20. The molecule has 2 rings (SSSR count). The molecular formula is C20H36IN5O2S. The van der Waals surface area contributed by atoms with Gasteiger partial charge in [-0.3, -0.25) is 4.99 Å². The third-order valence-corrected chi connectivity index (χ3v) is 7.14. The predicted octanol–water partition coefficient (Wildman–Crippen LogP) is 2.34. The Hall–Kier alpha value is -0.910. The van der Waals surface area contributed by atoms with Crippen LogP contribution in [0.5, 0.6) is 0 Å². The lowest BCUT2D eigenvalue weighted by Crippen LogP contribution is -2.39. The zero-order chi connectivity index (χ0) is 20.6. The molecule has 1 aromatic rings. The summed E-state index contributed by atoms with van der Waals surface area (Å²) in [5.74, 6) is 1.54. The first-order valence-electron chi connectivity index (χ1n) is 10.0. The van der Waals surface area contributed by atoms with E-state index in [2.05, 4.69) is 27.4 Å². The maximum absolute atomic E-state index is 12.5. The summed E-state index contributed by atoms with van der Waals surface area (Å²) in [4.78, 5) is 7.09.